The zero-order chi connectivity index (χ0) is 14.8. The highest BCUT2D eigenvalue weighted by Gasteiger charge is 2.20. The molecule has 1 N–H and O–H groups in total. The highest BCUT2D eigenvalue weighted by molar-refractivity contribution is 7.92. The Labute approximate surface area is 119 Å². The second-order valence-corrected chi connectivity index (χ2v) is 5.71. The van der Waals surface area contributed by atoms with E-state index in [1.165, 1.54) is 30.5 Å². The van der Waals surface area contributed by atoms with Crippen molar-refractivity contribution in [3.63, 3.8) is 0 Å². The van der Waals surface area contributed by atoms with Gasteiger partial charge in [0.15, 0.2) is 5.82 Å². The Balaban J connectivity index is 2.39. The van der Waals surface area contributed by atoms with E-state index in [9.17, 15) is 12.8 Å². The fraction of sp³-hybridized carbons (Fsp3) is 0. The molecular formula is C12H7ClFN3O2S. The lowest BCUT2D eigenvalue weighted by molar-refractivity contribution is 0.557. The number of aromatic nitrogens is 1. The van der Waals surface area contributed by atoms with Crippen LogP contribution in [-0.2, 0) is 10.0 Å². The molecule has 0 aliphatic heterocycles. The summed E-state index contributed by atoms with van der Waals surface area (Å²) in [6.07, 6.45) is 1.17. The fourth-order valence-corrected chi connectivity index (χ4v) is 2.67. The zero-order valence-electron chi connectivity index (χ0n) is 9.84. The van der Waals surface area contributed by atoms with Crippen molar-refractivity contribution in [2.45, 2.75) is 5.03 Å². The first-order valence-corrected chi connectivity index (χ1v) is 7.13. The third-order valence-corrected chi connectivity index (χ3v) is 3.96. The molecule has 0 aliphatic rings. The lowest BCUT2D eigenvalue weighted by Crippen LogP contribution is -2.16. The van der Waals surface area contributed by atoms with E-state index < -0.39 is 20.9 Å². The van der Waals surface area contributed by atoms with Gasteiger partial charge in [-0.25, -0.2) is 9.37 Å². The van der Waals surface area contributed by atoms with Crippen LogP contribution in [0.4, 0.5) is 10.1 Å². The quantitative estimate of drug-likeness (QED) is 0.944. The third-order valence-electron chi connectivity index (χ3n) is 2.32. The maximum Gasteiger partial charge on any atom is 0.282 e. The highest BCUT2D eigenvalue weighted by atomic mass is 35.5. The van der Waals surface area contributed by atoms with E-state index >= 15 is 0 Å². The number of benzene rings is 1. The molecule has 0 fully saturated rings. The Hall–Kier alpha value is -2.17. The first-order chi connectivity index (χ1) is 9.44. The van der Waals surface area contributed by atoms with Gasteiger partial charge in [0.05, 0.1) is 16.3 Å². The van der Waals surface area contributed by atoms with Crippen LogP contribution in [0.3, 0.4) is 0 Å². The molecule has 2 rings (SSSR count). The van der Waals surface area contributed by atoms with Gasteiger partial charge in [-0.2, -0.15) is 13.7 Å². The van der Waals surface area contributed by atoms with E-state index in [1.807, 2.05) is 6.07 Å². The summed E-state index contributed by atoms with van der Waals surface area (Å²) in [5.41, 5.74) is 0.198. The van der Waals surface area contributed by atoms with Gasteiger partial charge < -0.3 is 0 Å². The van der Waals surface area contributed by atoms with Gasteiger partial charge in [0.2, 0.25) is 5.03 Å². The molecule has 0 aliphatic carbocycles. The summed E-state index contributed by atoms with van der Waals surface area (Å²) in [5, 5.41) is 8.30. The lowest BCUT2D eigenvalue weighted by atomic mass is 10.2. The van der Waals surface area contributed by atoms with Crippen molar-refractivity contribution in [2.24, 2.45) is 0 Å². The Kier molecular flexibility index (Phi) is 3.88. The molecule has 1 aromatic heterocycles. The zero-order valence-corrected chi connectivity index (χ0v) is 11.4. The molecule has 0 spiro atoms. The van der Waals surface area contributed by atoms with Crippen LogP contribution in [0, 0.1) is 17.1 Å². The molecule has 0 saturated heterocycles. The summed E-state index contributed by atoms with van der Waals surface area (Å²) in [6.45, 7) is 0. The number of pyridine rings is 1. The van der Waals surface area contributed by atoms with Gasteiger partial charge in [-0.05, 0) is 30.3 Å². The first kappa shape index (κ1) is 14.2. The van der Waals surface area contributed by atoms with Gasteiger partial charge in [0.25, 0.3) is 10.0 Å². The molecule has 0 unspecified atom stereocenters. The third kappa shape index (κ3) is 2.87. The SMILES string of the molecule is N#Cc1cc(NS(=O)(=O)c2ncccc2F)ccc1Cl. The van der Waals surface area contributed by atoms with E-state index in [4.69, 9.17) is 16.9 Å². The van der Waals surface area contributed by atoms with Crippen molar-refractivity contribution >= 4 is 27.3 Å². The normalized spacial score (nSPS) is 10.8. The number of anilines is 1. The molecule has 0 radical (unpaired) electrons. The summed E-state index contributed by atoms with van der Waals surface area (Å²) in [7, 11) is -4.17. The minimum absolute atomic E-state index is 0.0935. The number of rotatable bonds is 3. The Morgan fingerprint density at radius 1 is 1.35 bits per heavy atom. The lowest BCUT2D eigenvalue weighted by Gasteiger charge is -2.08. The number of hydrogen-bond donors (Lipinski definition) is 1. The van der Waals surface area contributed by atoms with E-state index in [0.717, 1.165) is 6.07 Å². The maximum atomic E-state index is 13.4. The second-order valence-electron chi connectivity index (χ2n) is 3.70. The number of halogens is 2. The maximum absolute atomic E-state index is 13.4. The molecule has 0 bridgehead atoms. The second kappa shape index (κ2) is 5.45. The van der Waals surface area contributed by atoms with Crippen molar-refractivity contribution in [1.82, 2.24) is 4.98 Å². The molecule has 20 heavy (non-hydrogen) atoms. The average molecular weight is 312 g/mol. The van der Waals surface area contributed by atoms with Gasteiger partial charge in [-0.15, -0.1) is 0 Å². The smallest absolute Gasteiger partial charge is 0.278 e. The van der Waals surface area contributed by atoms with Crippen LogP contribution in [0.1, 0.15) is 5.56 Å². The van der Waals surface area contributed by atoms with Crippen molar-refractivity contribution in [2.75, 3.05) is 4.72 Å². The predicted octanol–water partition coefficient (Wildman–Crippen LogP) is 2.55. The monoisotopic (exact) mass is 311 g/mol. The Morgan fingerprint density at radius 2 is 2.10 bits per heavy atom. The molecule has 1 aromatic carbocycles. The summed E-state index contributed by atoms with van der Waals surface area (Å²) in [5.74, 6) is -0.963. The Bertz CT molecular complexity index is 803. The average Bonchev–Trinajstić information content (AvgIpc) is 2.41. The number of nitrogens with zero attached hydrogens (tertiary/aromatic N) is 2. The molecule has 0 atom stereocenters. The molecule has 0 amide bonds. The summed E-state index contributed by atoms with van der Waals surface area (Å²) >= 11 is 5.74. The molecular weight excluding hydrogens is 305 g/mol. The predicted molar refractivity (Wildman–Crippen MR) is 71.2 cm³/mol. The molecule has 1 heterocycles. The summed E-state index contributed by atoms with van der Waals surface area (Å²) in [6, 6.07) is 8.07. The number of hydrogen-bond acceptors (Lipinski definition) is 4. The molecule has 102 valence electrons. The van der Waals surface area contributed by atoms with E-state index in [1.54, 1.807) is 0 Å². The van der Waals surface area contributed by atoms with Crippen molar-refractivity contribution in [3.05, 3.63) is 52.9 Å². The summed E-state index contributed by atoms with van der Waals surface area (Å²) in [4.78, 5) is 3.49. The van der Waals surface area contributed by atoms with Crippen LogP contribution >= 0.6 is 11.6 Å². The van der Waals surface area contributed by atoms with Crippen molar-refractivity contribution < 1.29 is 12.8 Å². The molecule has 8 heteroatoms. The van der Waals surface area contributed by atoms with Crippen LogP contribution in [0.5, 0.6) is 0 Å². The van der Waals surface area contributed by atoms with Gasteiger partial charge in [-0.3, -0.25) is 4.72 Å². The molecule has 0 saturated carbocycles. The van der Waals surface area contributed by atoms with Gasteiger partial charge >= 0.3 is 0 Å². The van der Waals surface area contributed by atoms with Gasteiger partial charge in [-0.1, -0.05) is 11.6 Å². The topological polar surface area (TPSA) is 82.9 Å². The standard InChI is InChI=1S/C12H7ClFN3O2S/c13-10-4-3-9(6-8(10)7-15)17-20(18,19)12-11(14)2-1-5-16-12/h1-6,17H. The van der Waals surface area contributed by atoms with Crippen LogP contribution in [-0.4, -0.2) is 13.4 Å². The van der Waals surface area contributed by atoms with Crippen LogP contribution in [0.25, 0.3) is 0 Å². The van der Waals surface area contributed by atoms with E-state index in [0.29, 0.717) is 0 Å². The summed E-state index contributed by atoms with van der Waals surface area (Å²) < 4.78 is 39.5. The van der Waals surface area contributed by atoms with Gasteiger partial charge in [0, 0.05) is 6.20 Å². The Morgan fingerprint density at radius 3 is 2.75 bits per heavy atom. The molecule has 5 nitrogen and oxygen atoms in total. The molecule has 2 aromatic rings. The van der Waals surface area contributed by atoms with Crippen LogP contribution in [0.2, 0.25) is 5.02 Å². The van der Waals surface area contributed by atoms with Crippen LogP contribution < -0.4 is 4.72 Å². The van der Waals surface area contributed by atoms with E-state index in [-0.39, 0.29) is 16.3 Å². The van der Waals surface area contributed by atoms with Crippen LogP contribution in [0.15, 0.2) is 41.6 Å². The number of sulfonamides is 1. The van der Waals surface area contributed by atoms with E-state index in [2.05, 4.69) is 9.71 Å². The first-order valence-electron chi connectivity index (χ1n) is 5.27. The largest absolute Gasteiger partial charge is 0.282 e. The highest BCUT2D eigenvalue weighted by Crippen LogP contribution is 2.22. The number of nitrogens with one attached hydrogen (secondary N) is 1. The number of nitriles is 1. The van der Waals surface area contributed by atoms with Gasteiger partial charge in [0.1, 0.15) is 6.07 Å². The van der Waals surface area contributed by atoms with Crippen molar-refractivity contribution in [3.8, 4) is 6.07 Å². The fourth-order valence-electron chi connectivity index (χ4n) is 1.45. The minimum Gasteiger partial charge on any atom is -0.278 e. The van der Waals surface area contributed by atoms with Crippen molar-refractivity contribution in [1.29, 1.82) is 5.26 Å². The minimum atomic E-state index is -4.17.